The van der Waals surface area contributed by atoms with Crippen molar-refractivity contribution in [2.24, 2.45) is 4.99 Å². The molecule has 2 aromatic carbocycles. The summed E-state index contributed by atoms with van der Waals surface area (Å²) in [5, 5.41) is 0.547. The molecule has 1 amide bonds. The second kappa shape index (κ2) is 5.16. The van der Waals surface area contributed by atoms with E-state index in [4.69, 9.17) is 0 Å². The Kier molecular flexibility index (Phi) is 3.23. The van der Waals surface area contributed by atoms with Crippen molar-refractivity contribution in [3.8, 4) is 0 Å². The van der Waals surface area contributed by atoms with Crippen molar-refractivity contribution in [1.82, 2.24) is 0 Å². The van der Waals surface area contributed by atoms with Gasteiger partial charge in [0, 0.05) is 0 Å². The van der Waals surface area contributed by atoms with Gasteiger partial charge in [0.25, 0.3) is 0 Å². The predicted octanol–water partition coefficient (Wildman–Crippen LogP) is 4.26. The number of amidine groups is 1. The molecule has 1 spiro atoms. The van der Waals surface area contributed by atoms with Crippen molar-refractivity contribution < 1.29 is 13.6 Å². The number of carbonyl (C=O) groups is 1. The molecule has 1 heterocycles. The molecule has 0 aromatic heterocycles. The first-order valence-corrected chi connectivity index (χ1v) is 8.02. The first kappa shape index (κ1) is 14.4. The lowest BCUT2D eigenvalue weighted by Crippen LogP contribution is -2.32. The normalized spacial score (nSPS) is 20.5. The Bertz CT molecular complexity index is 798. The van der Waals surface area contributed by atoms with Crippen LogP contribution in [0.3, 0.4) is 0 Å². The number of anilines is 1. The lowest BCUT2D eigenvalue weighted by Gasteiger charge is -2.16. The Morgan fingerprint density at radius 2 is 1.52 bits per heavy atom. The van der Waals surface area contributed by atoms with E-state index in [0.717, 1.165) is 12.8 Å². The number of rotatable bonds is 2. The van der Waals surface area contributed by atoms with Crippen molar-refractivity contribution in [3.05, 3.63) is 60.2 Å². The number of aliphatic imine (C=N–C) groups is 1. The van der Waals surface area contributed by atoms with Crippen molar-refractivity contribution in [2.45, 2.75) is 17.6 Å². The SMILES string of the molecule is O=C1N(c2ccc(F)cc2)C(=Nc2ccc(F)cc2)SC12CC2. The third-order valence-corrected chi connectivity index (χ3v) is 5.34. The van der Waals surface area contributed by atoms with E-state index in [0.29, 0.717) is 16.5 Å². The third kappa shape index (κ3) is 2.53. The molecule has 2 fully saturated rings. The van der Waals surface area contributed by atoms with Crippen molar-refractivity contribution in [2.75, 3.05) is 4.90 Å². The van der Waals surface area contributed by atoms with Crippen LogP contribution in [0, 0.1) is 11.6 Å². The van der Waals surface area contributed by atoms with Gasteiger partial charge >= 0.3 is 0 Å². The summed E-state index contributed by atoms with van der Waals surface area (Å²) in [6.07, 6.45) is 1.63. The zero-order valence-electron chi connectivity index (χ0n) is 12.0. The van der Waals surface area contributed by atoms with E-state index in [-0.39, 0.29) is 17.5 Å². The fourth-order valence-electron chi connectivity index (χ4n) is 2.50. The van der Waals surface area contributed by atoms with Gasteiger partial charge in [-0.25, -0.2) is 13.8 Å². The summed E-state index contributed by atoms with van der Waals surface area (Å²) in [5.41, 5.74) is 1.17. The van der Waals surface area contributed by atoms with E-state index in [2.05, 4.69) is 4.99 Å². The molecule has 2 aliphatic rings. The van der Waals surface area contributed by atoms with Gasteiger partial charge in [0.05, 0.1) is 11.4 Å². The maximum absolute atomic E-state index is 13.1. The molecule has 1 aliphatic heterocycles. The second-order valence-corrected chi connectivity index (χ2v) is 6.93. The van der Waals surface area contributed by atoms with Crippen LogP contribution in [0.4, 0.5) is 20.2 Å². The fraction of sp³-hybridized carbons (Fsp3) is 0.176. The van der Waals surface area contributed by atoms with Gasteiger partial charge in [-0.05, 0) is 61.4 Å². The summed E-state index contributed by atoms with van der Waals surface area (Å²) in [6.45, 7) is 0. The minimum Gasteiger partial charge on any atom is -0.272 e. The second-order valence-electron chi connectivity index (χ2n) is 5.58. The molecule has 0 radical (unpaired) electrons. The van der Waals surface area contributed by atoms with Crippen LogP contribution in [0.5, 0.6) is 0 Å². The quantitative estimate of drug-likeness (QED) is 0.824. The standard InChI is InChI=1S/C17H12F2N2OS/c18-11-1-5-13(6-2-11)20-16-21(14-7-3-12(19)4-8-14)15(22)17(23-16)9-10-17/h1-8H,9-10H2. The highest BCUT2D eigenvalue weighted by atomic mass is 32.2. The van der Waals surface area contributed by atoms with Gasteiger partial charge in [-0.15, -0.1) is 0 Å². The maximum Gasteiger partial charge on any atom is 0.249 e. The van der Waals surface area contributed by atoms with Gasteiger partial charge < -0.3 is 0 Å². The summed E-state index contributed by atoms with van der Waals surface area (Å²) < 4.78 is 25.7. The highest BCUT2D eigenvalue weighted by molar-refractivity contribution is 8.17. The number of amides is 1. The van der Waals surface area contributed by atoms with E-state index < -0.39 is 4.75 Å². The molecule has 116 valence electrons. The smallest absolute Gasteiger partial charge is 0.249 e. The van der Waals surface area contributed by atoms with Gasteiger partial charge in [-0.1, -0.05) is 11.8 Å². The van der Waals surface area contributed by atoms with Crippen LogP contribution >= 0.6 is 11.8 Å². The molecule has 1 saturated carbocycles. The summed E-state index contributed by atoms with van der Waals surface area (Å²) in [5.74, 6) is -0.709. The fourth-order valence-corrected chi connectivity index (χ4v) is 3.77. The van der Waals surface area contributed by atoms with Gasteiger partial charge in [-0.2, -0.15) is 0 Å². The highest BCUT2D eigenvalue weighted by Gasteiger charge is 2.60. The number of hydrogen-bond donors (Lipinski definition) is 0. The molecule has 23 heavy (non-hydrogen) atoms. The predicted molar refractivity (Wildman–Crippen MR) is 86.9 cm³/mol. The summed E-state index contributed by atoms with van der Waals surface area (Å²) in [4.78, 5) is 18.7. The van der Waals surface area contributed by atoms with Gasteiger partial charge in [0.15, 0.2) is 5.17 Å². The summed E-state index contributed by atoms with van der Waals surface area (Å²) in [6, 6.07) is 11.6. The average Bonchev–Trinajstić information content (AvgIpc) is 3.27. The first-order valence-electron chi connectivity index (χ1n) is 7.21. The summed E-state index contributed by atoms with van der Waals surface area (Å²) in [7, 11) is 0. The molecule has 1 aliphatic carbocycles. The van der Waals surface area contributed by atoms with E-state index >= 15 is 0 Å². The molecule has 0 N–H and O–H groups in total. The molecular weight excluding hydrogens is 318 g/mol. The number of halogens is 2. The number of hydrogen-bond acceptors (Lipinski definition) is 3. The minimum atomic E-state index is -0.423. The highest BCUT2D eigenvalue weighted by Crippen LogP contribution is 2.56. The maximum atomic E-state index is 13.1. The Morgan fingerprint density at radius 3 is 2.09 bits per heavy atom. The van der Waals surface area contributed by atoms with E-state index in [1.54, 1.807) is 24.3 Å². The van der Waals surface area contributed by atoms with Crippen LogP contribution in [0.25, 0.3) is 0 Å². The molecule has 3 nitrogen and oxygen atoms in total. The van der Waals surface area contributed by atoms with Crippen LogP contribution in [0.2, 0.25) is 0 Å². The van der Waals surface area contributed by atoms with Crippen LogP contribution in [0.15, 0.2) is 53.5 Å². The Labute approximate surface area is 136 Å². The topological polar surface area (TPSA) is 32.7 Å². The average molecular weight is 330 g/mol. The van der Waals surface area contributed by atoms with E-state index in [1.165, 1.54) is 40.9 Å². The Hall–Kier alpha value is -2.21. The number of carbonyl (C=O) groups excluding carboxylic acids is 1. The Morgan fingerprint density at radius 1 is 0.957 bits per heavy atom. The van der Waals surface area contributed by atoms with Gasteiger partial charge in [0.2, 0.25) is 5.91 Å². The van der Waals surface area contributed by atoms with Crippen LogP contribution in [-0.4, -0.2) is 15.8 Å². The minimum absolute atomic E-state index is 0.0185. The zero-order valence-corrected chi connectivity index (χ0v) is 12.8. The lowest BCUT2D eigenvalue weighted by molar-refractivity contribution is -0.117. The van der Waals surface area contributed by atoms with Crippen LogP contribution < -0.4 is 4.90 Å². The van der Waals surface area contributed by atoms with Gasteiger partial charge in [0.1, 0.15) is 16.4 Å². The zero-order chi connectivity index (χ0) is 16.0. The largest absolute Gasteiger partial charge is 0.272 e. The molecule has 0 unspecified atom stereocenters. The number of benzene rings is 2. The van der Waals surface area contributed by atoms with Crippen molar-refractivity contribution in [3.63, 3.8) is 0 Å². The number of nitrogens with zero attached hydrogens (tertiary/aromatic N) is 2. The molecule has 6 heteroatoms. The molecule has 0 atom stereocenters. The molecule has 4 rings (SSSR count). The number of thioether (sulfide) groups is 1. The van der Waals surface area contributed by atoms with Crippen LogP contribution in [-0.2, 0) is 4.79 Å². The van der Waals surface area contributed by atoms with Crippen molar-refractivity contribution >= 4 is 34.2 Å². The molecule has 2 aromatic rings. The van der Waals surface area contributed by atoms with Gasteiger partial charge in [-0.3, -0.25) is 9.69 Å². The molecule has 0 bridgehead atoms. The van der Waals surface area contributed by atoms with Crippen molar-refractivity contribution in [1.29, 1.82) is 0 Å². The molecular formula is C17H12F2N2OS. The Balaban J connectivity index is 1.75. The third-order valence-electron chi connectivity index (χ3n) is 3.91. The van der Waals surface area contributed by atoms with Crippen LogP contribution in [0.1, 0.15) is 12.8 Å². The van der Waals surface area contributed by atoms with E-state index in [1.807, 2.05) is 0 Å². The van der Waals surface area contributed by atoms with E-state index in [9.17, 15) is 13.6 Å². The summed E-state index contributed by atoms with van der Waals surface area (Å²) >= 11 is 1.43. The molecule has 1 saturated heterocycles. The monoisotopic (exact) mass is 330 g/mol. The first-order chi connectivity index (χ1) is 11.1. The lowest BCUT2D eigenvalue weighted by atomic mass is 10.2.